The minimum atomic E-state index is -0.828. The Kier molecular flexibility index (Phi) is 6.33. The van der Waals surface area contributed by atoms with Crippen molar-refractivity contribution in [2.24, 2.45) is 0 Å². The smallest absolute Gasteiger partial charge is 0.303 e. The molecule has 0 bridgehead atoms. The Hall–Kier alpha value is -2.86. The van der Waals surface area contributed by atoms with Crippen molar-refractivity contribution in [1.82, 2.24) is 4.90 Å². The molecule has 30 heavy (non-hydrogen) atoms. The number of nitrogens with zero attached hydrogens (tertiary/aromatic N) is 1. The number of carboxylic acids is 1. The van der Waals surface area contributed by atoms with Gasteiger partial charge in [0.05, 0.1) is 6.61 Å². The van der Waals surface area contributed by atoms with Crippen LogP contribution in [0, 0.1) is 5.82 Å². The molecule has 0 aliphatic carbocycles. The number of halogens is 1. The highest BCUT2D eigenvalue weighted by molar-refractivity contribution is 5.87. The number of rotatable bonds is 8. The van der Waals surface area contributed by atoms with Gasteiger partial charge in [-0.2, -0.15) is 0 Å². The van der Waals surface area contributed by atoms with Gasteiger partial charge in [-0.25, -0.2) is 4.39 Å². The van der Waals surface area contributed by atoms with E-state index in [1.807, 2.05) is 30.3 Å². The van der Waals surface area contributed by atoms with Crippen molar-refractivity contribution in [2.45, 2.75) is 25.7 Å². The van der Waals surface area contributed by atoms with Crippen LogP contribution in [0.1, 0.15) is 36.8 Å². The predicted molar refractivity (Wildman–Crippen MR) is 112 cm³/mol. The van der Waals surface area contributed by atoms with E-state index in [1.165, 1.54) is 30.5 Å². The van der Waals surface area contributed by atoms with Gasteiger partial charge in [0.15, 0.2) is 0 Å². The van der Waals surface area contributed by atoms with Crippen LogP contribution in [0.25, 0.3) is 5.57 Å². The molecule has 1 saturated heterocycles. The Bertz CT molecular complexity index is 933. The maximum atomic E-state index is 13.6. The van der Waals surface area contributed by atoms with E-state index >= 15 is 0 Å². The molecule has 0 spiro atoms. The van der Waals surface area contributed by atoms with Crippen LogP contribution in [0.2, 0.25) is 0 Å². The van der Waals surface area contributed by atoms with Crippen LogP contribution in [-0.2, 0) is 4.79 Å². The molecule has 158 valence electrons. The second-order valence-electron chi connectivity index (χ2n) is 7.76. The Morgan fingerprint density at radius 1 is 1.13 bits per heavy atom. The van der Waals surface area contributed by atoms with Crippen molar-refractivity contribution in [3.05, 3.63) is 65.0 Å². The molecule has 2 aliphatic heterocycles. The summed E-state index contributed by atoms with van der Waals surface area (Å²) in [5.41, 5.74) is 4.13. The van der Waals surface area contributed by atoms with Crippen LogP contribution in [0.15, 0.2) is 48.0 Å². The lowest BCUT2D eigenvalue weighted by Crippen LogP contribution is -2.26. The van der Waals surface area contributed by atoms with Crippen molar-refractivity contribution in [1.29, 1.82) is 0 Å². The predicted octanol–water partition coefficient (Wildman–Crippen LogP) is 4.36. The maximum Gasteiger partial charge on any atom is 0.303 e. The number of carbonyl (C=O) groups is 1. The molecule has 0 atom stereocenters. The van der Waals surface area contributed by atoms with Gasteiger partial charge in [0.2, 0.25) is 0 Å². The van der Waals surface area contributed by atoms with E-state index < -0.39 is 5.97 Å². The van der Waals surface area contributed by atoms with Gasteiger partial charge < -0.3 is 14.6 Å². The first-order valence-corrected chi connectivity index (χ1v) is 10.4. The van der Waals surface area contributed by atoms with Crippen molar-refractivity contribution >= 4 is 11.5 Å². The third-order valence-electron chi connectivity index (χ3n) is 5.53. The standard InChI is InChI=1S/C24H26FNO4/c25-19-7-5-17(6-8-19)24-18(15-26-11-1-2-12-26)16-30-22-10-9-20(14-21(22)24)29-13-3-4-23(27)28/h5-10,14H,1-4,11-13,15-16H2,(H,27,28). The van der Waals surface area contributed by atoms with Crippen LogP contribution in [-0.4, -0.2) is 48.8 Å². The minimum Gasteiger partial charge on any atom is -0.494 e. The lowest BCUT2D eigenvalue weighted by atomic mass is 9.90. The summed E-state index contributed by atoms with van der Waals surface area (Å²) >= 11 is 0. The summed E-state index contributed by atoms with van der Waals surface area (Å²) in [6.07, 6.45) is 2.95. The van der Waals surface area contributed by atoms with Crippen molar-refractivity contribution in [3.63, 3.8) is 0 Å². The Morgan fingerprint density at radius 2 is 1.90 bits per heavy atom. The molecule has 2 aromatic rings. The molecule has 0 unspecified atom stereocenters. The van der Waals surface area contributed by atoms with E-state index in [0.29, 0.717) is 25.4 Å². The molecule has 5 nitrogen and oxygen atoms in total. The highest BCUT2D eigenvalue weighted by atomic mass is 19.1. The number of hydrogen-bond donors (Lipinski definition) is 1. The van der Waals surface area contributed by atoms with Crippen molar-refractivity contribution < 1.29 is 23.8 Å². The van der Waals surface area contributed by atoms with E-state index in [0.717, 1.165) is 42.1 Å². The zero-order valence-electron chi connectivity index (χ0n) is 16.9. The van der Waals surface area contributed by atoms with Gasteiger partial charge in [0.25, 0.3) is 0 Å². The average Bonchev–Trinajstić information content (AvgIpc) is 3.25. The summed E-state index contributed by atoms with van der Waals surface area (Å²) in [5, 5.41) is 8.79. The van der Waals surface area contributed by atoms with E-state index in [-0.39, 0.29) is 12.2 Å². The SMILES string of the molecule is O=C(O)CCCOc1ccc2c(c1)C(c1ccc(F)cc1)=C(CN1CCCC1)CO2. The number of carboxylic acid groups (broad SMARTS) is 1. The van der Waals surface area contributed by atoms with Crippen LogP contribution < -0.4 is 9.47 Å². The normalized spacial score (nSPS) is 16.3. The molecule has 4 rings (SSSR count). The Balaban J connectivity index is 1.65. The van der Waals surface area contributed by atoms with Crippen LogP contribution in [0.5, 0.6) is 11.5 Å². The lowest BCUT2D eigenvalue weighted by molar-refractivity contribution is -0.137. The second-order valence-corrected chi connectivity index (χ2v) is 7.76. The summed E-state index contributed by atoms with van der Waals surface area (Å²) < 4.78 is 25.4. The fourth-order valence-electron chi connectivity index (χ4n) is 4.07. The van der Waals surface area contributed by atoms with Gasteiger partial charge in [-0.3, -0.25) is 9.69 Å². The monoisotopic (exact) mass is 411 g/mol. The molecule has 2 heterocycles. The summed E-state index contributed by atoms with van der Waals surface area (Å²) in [7, 11) is 0. The maximum absolute atomic E-state index is 13.6. The first-order chi connectivity index (χ1) is 14.6. The molecule has 2 aromatic carbocycles. The molecule has 1 fully saturated rings. The molecule has 0 radical (unpaired) electrons. The van der Waals surface area contributed by atoms with Gasteiger partial charge in [-0.1, -0.05) is 12.1 Å². The topological polar surface area (TPSA) is 59.0 Å². The largest absolute Gasteiger partial charge is 0.494 e. The van der Waals surface area contributed by atoms with Gasteiger partial charge in [-0.05, 0) is 79.4 Å². The molecule has 0 amide bonds. The fourth-order valence-corrected chi connectivity index (χ4v) is 4.07. The number of likely N-dealkylation sites (tertiary alicyclic amines) is 1. The zero-order valence-corrected chi connectivity index (χ0v) is 16.9. The molecule has 2 aliphatic rings. The summed E-state index contributed by atoms with van der Waals surface area (Å²) in [4.78, 5) is 13.1. The molecular formula is C24H26FNO4. The number of aliphatic carboxylic acids is 1. The molecule has 1 N–H and O–H groups in total. The Morgan fingerprint density at radius 3 is 2.63 bits per heavy atom. The minimum absolute atomic E-state index is 0.0781. The lowest BCUT2D eigenvalue weighted by Gasteiger charge is -2.28. The molecule has 6 heteroatoms. The number of fused-ring (bicyclic) bond motifs is 1. The van der Waals surface area contributed by atoms with E-state index in [1.54, 1.807) is 0 Å². The molecule has 0 aromatic heterocycles. The summed E-state index contributed by atoms with van der Waals surface area (Å²) in [5.74, 6) is 0.357. The van der Waals surface area contributed by atoms with Gasteiger partial charge in [0, 0.05) is 18.5 Å². The molecule has 0 saturated carbocycles. The van der Waals surface area contributed by atoms with Crippen LogP contribution in [0.3, 0.4) is 0 Å². The highest BCUT2D eigenvalue weighted by Crippen LogP contribution is 2.40. The van der Waals surface area contributed by atoms with Crippen LogP contribution in [0.4, 0.5) is 4.39 Å². The van der Waals surface area contributed by atoms with Crippen molar-refractivity contribution in [3.8, 4) is 11.5 Å². The highest BCUT2D eigenvalue weighted by Gasteiger charge is 2.25. The summed E-state index contributed by atoms with van der Waals surface area (Å²) in [6.45, 7) is 3.84. The van der Waals surface area contributed by atoms with E-state index in [9.17, 15) is 9.18 Å². The Labute approximate surface area is 175 Å². The second kappa shape index (κ2) is 9.30. The first-order valence-electron chi connectivity index (χ1n) is 10.4. The third-order valence-corrected chi connectivity index (χ3v) is 5.53. The number of ether oxygens (including phenoxy) is 2. The van der Waals surface area contributed by atoms with Crippen molar-refractivity contribution in [2.75, 3.05) is 32.8 Å². The zero-order chi connectivity index (χ0) is 20.9. The molecular weight excluding hydrogens is 385 g/mol. The third kappa shape index (κ3) is 4.82. The average molecular weight is 411 g/mol. The fraction of sp³-hybridized carbons (Fsp3) is 0.375. The summed E-state index contributed by atoms with van der Waals surface area (Å²) in [6, 6.07) is 12.3. The number of hydrogen-bond acceptors (Lipinski definition) is 4. The van der Waals surface area contributed by atoms with E-state index in [4.69, 9.17) is 14.6 Å². The van der Waals surface area contributed by atoms with Gasteiger partial charge in [0.1, 0.15) is 23.9 Å². The van der Waals surface area contributed by atoms with Gasteiger partial charge >= 0.3 is 5.97 Å². The van der Waals surface area contributed by atoms with Crippen LogP contribution >= 0.6 is 0 Å². The first kappa shape index (κ1) is 20.4. The van der Waals surface area contributed by atoms with Gasteiger partial charge in [-0.15, -0.1) is 0 Å². The quantitative estimate of drug-likeness (QED) is 0.654. The van der Waals surface area contributed by atoms with E-state index in [2.05, 4.69) is 4.90 Å². The number of benzene rings is 2.